The van der Waals surface area contributed by atoms with Crippen LogP contribution in [0.3, 0.4) is 0 Å². The molecule has 1 unspecified atom stereocenters. The summed E-state index contributed by atoms with van der Waals surface area (Å²) < 4.78 is 9.41. The first-order chi connectivity index (χ1) is 6.61. The molecule has 1 atom stereocenters. The summed E-state index contributed by atoms with van der Waals surface area (Å²) in [7, 11) is 3.11. The maximum absolute atomic E-state index is 10.9. The number of carbonyl (C=O) groups excluding carboxylic acids is 2. The maximum Gasteiger partial charge on any atom is 0.407 e. The highest BCUT2D eigenvalue weighted by molar-refractivity contribution is 5.71. The lowest BCUT2D eigenvalue weighted by molar-refractivity contribution is -0.141. The van der Waals surface area contributed by atoms with Gasteiger partial charge in [0.15, 0.2) is 0 Å². The second-order valence-corrected chi connectivity index (χ2v) is 3.18. The molecule has 6 nitrogen and oxygen atoms in total. The van der Waals surface area contributed by atoms with Gasteiger partial charge in [0.2, 0.25) is 0 Å². The molecular weight excluding hydrogens is 188 g/mol. The second-order valence-electron chi connectivity index (χ2n) is 3.18. The van der Waals surface area contributed by atoms with E-state index in [1.54, 1.807) is 11.9 Å². The number of rotatable bonds is 4. The summed E-state index contributed by atoms with van der Waals surface area (Å²) >= 11 is 0. The summed E-state index contributed by atoms with van der Waals surface area (Å²) in [5.41, 5.74) is 0. The molecule has 1 aliphatic rings. The number of nitrogens with one attached hydrogen (secondary N) is 1. The van der Waals surface area contributed by atoms with E-state index < -0.39 is 6.09 Å². The minimum absolute atomic E-state index is 0.183. The van der Waals surface area contributed by atoms with Gasteiger partial charge in [-0.3, -0.25) is 9.69 Å². The van der Waals surface area contributed by atoms with Crippen molar-refractivity contribution in [2.24, 2.45) is 0 Å². The number of hydrogen-bond donors (Lipinski definition) is 1. The third-order valence-electron chi connectivity index (χ3n) is 1.89. The molecule has 1 heterocycles. The number of hydrogen-bond acceptors (Lipinski definition) is 5. The number of esters is 1. The van der Waals surface area contributed by atoms with Crippen molar-refractivity contribution in [1.82, 2.24) is 10.2 Å². The number of likely N-dealkylation sites (N-methyl/N-ethyl adjacent to an activating group) is 1. The SMILES string of the molecule is COC(=O)CN(C)CC1CNC(=O)O1. The van der Waals surface area contributed by atoms with E-state index in [1.165, 1.54) is 7.11 Å². The molecule has 0 aliphatic carbocycles. The smallest absolute Gasteiger partial charge is 0.407 e. The number of cyclic esters (lactones) is 1. The van der Waals surface area contributed by atoms with Crippen molar-refractivity contribution < 1.29 is 19.1 Å². The van der Waals surface area contributed by atoms with Crippen LogP contribution in [0.5, 0.6) is 0 Å². The fraction of sp³-hybridized carbons (Fsp3) is 0.750. The highest BCUT2D eigenvalue weighted by Gasteiger charge is 2.24. The minimum Gasteiger partial charge on any atom is -0.468 e. The van der Waals surface area contributed by atoms with E-state index in [4.69, 9.17) is 4.74 Å². The van der Waals surface area contributed by atoms with Gasteiger partial charge in [-0.2, -0.15) is 0 Å². The van der Waals surface area contributed by atoms with Crippen LogP contribution in [0.2, 0.25) is 0 Å². The first kappa shape index (κ1) is 10.8. The van der Waals surface area contributed by atoms with Crippen molar-refractivity contribution in [3.63, 3.8) is 0 Å². The van der Waals surface area contributed by atoms with E-state index in [0.717, 1.165) is 0 Å². The Labute approximate surface area is 82.1 Å². The van der Waals surface area contributed by atoms with Gasteiger partial charge in [-0.1, -0.05) is 0 Å². The zero-order chi connectivity index (χ0) is 10.6. The predicted octanol–water partition coefficient (Wildman–Crippen LogP) is -0.800. The number of methoxy groups -OCH3 is 1. The number of alkyl carbamates (subject to hydrolysis) is 1. The van der Waals surface area contributed by atoms with Gasteiger partial charge in [0.25, 0.3) is 0 Å². The molecular formula is C8H14N2O4. The molecule has 14 heavy (non-hydrogen) atoms. The number of ether oxygens (including phenoxy) is 2. The molecule has 0 aromatic carbocycles. The summed E-state index contributed by atoms with van der Waals surface area (Å²) in [6.45, 7) is 1.21. The van der Waals surface area contributed by atoms with Crippen LogP contribution in [0, 0.1) is 0 Å². The van der Waals surface area contributed by atoms with Crippen molar-refractivity contribution in [3.05, 3.63) is 0 Å². The highest BCUT2D eigenvalue weighted by Crippen LogP contribution is 2.01. The first-order valence-corrected chi connectivity index (χ1v) is 4.31. The monoisotopic (exact) mass is 202 g/mol. The Morgan fingerprint density at radius 3 is 3.00 bits per heavy atom. The quantitative estimate of drug-likeness (QED) is 0.604. The predicted molar refractivity (Wildman–Crippen MR) is 47.8 cm³/mol. The lowest BCUT2D eigenvalue weighted by atomic mass is 10.3. The average molecular weight is 202 g/mol. The molecule has 0 spiro atoms. The molecule has 0 aromatic rings. The molecule has 1 N–H and O–H groups in total. The molecule has 1 rings (SSSR count). The largest absolute Gasteiger partial charge is 0.468 e. The van der Waals surface area contributed by atoms with Crippen LogP contribution in [0.1, 0.15) is 0 Å². The van der Waals surface area contributed by atoms with Gasteiger partial charge in [0.1, 0.15) is 6.10 Å². The highest BCUT2D eigenvalue weighted by atomic mass is 16.6. The summed E-state index contributed by atoms with van der Waals surface area (Å²) in [4.78, 5) is 23.3. The summed E-state index contributed by atoms with van der Waals surface area (Å²) in [6.07, 6.45) is -0.585. The summed E-state index contributed by atoms with van der Waals surface area (Å²) in [5, 5.41) is 2.54. The van der Waals surface area contributed by atoms with Crippen LogP contribution in [0.4, 0.5) is 4.79 Å². The van der Waals surface area contributed by atoms with E-state index in [2.05, 4.69) is 10.1 Å². The van der Waals surface area contributed by atoms with Gasteiger partial charge in [0.05, 0.1) is 20.2 Å². The lowest BCUT2D eigenvalue weighted by Crippen LogP contribution is -2.35. The zero-order valence-corrected chi connectivity index (χ0v) is 8.28. The van der Waals surface area contributed by atoms with Gasteiger partial charge in [-0.25, -0.2) is 4.79 Å². The van der Waals surface area contributed by atoms with Crippen molar-refractivity contribution in [3.8, 4) is 0 Å². The van der Waals surface area contributed by atoms with Crippen molar-refractivity contribution in [2.75, 3.05) is 33.8 Å². The minimum atomic E-state index is -0.401. The third-order valence-corrected chi connectivity index (χ3v) is 1.89. The molecule has 0 radical (unpaired) electrons. The normalized spacial score (nSPS) is 20.5. The Morgan fingerprint density at radius 2 is 2.50 bits per heavy atom. The molecule has 80 valence electrons. The van der Waals surface area contributed by atoms with Crippen molar-refractivity contribution in [1.29, 1.82) is 0 Å². The average Bonchev–Trinajstić information content (AvgIpc) is 2.50. The van der Waals surface area contributed by atoms with Crippen LogP contribution in [0.15, 0.2) is 0 Å². The van der Waals surface area contributed by atoms with E-state index in [9.17, 15) is 9.59 Å². The number of nitrogens with zero attached hydrogens (tertiary/aromatic N) is 1. The van der Waals surface area contributed by atoms with Crippen LogP contribution in [-0.2, 0) is 14.3 Å². The Bertz CT molecular complexity index is 231. The number of carbonyl (C=O) groups is 2. The molecule has 0 bridgehead atoms. The van der Waals surface area contributed by atoms with Gasteiger partial charge < -0.3 is 14.8 Å². The molecule has 0 saturated carbocycles. The van der Waals surface area contributed by atoms with Gasteiger partial charge in [0, 0.05) is 6.54 Å². The summed E-state index contributed by atoms with van der Waals surface area (Å²) in [5.74, 6) is -0.301. The Morgan fingerprint density at radius 1 is 1.79 bits per heavy atom. The van der Waals surface area contributed by atoms with Gasteiger partial charge >= 0.3 is 12.1 Å². The fourth-order valence-corrected chi connectivity index (χ4v) is 1.23. The first-order valence-electron chi connectivity index (χ1n) is 4.31. The van der Waals surface area contributed by atoms with Crippen molar-refractivity contribution >= 4 is 12.1 Å². The van der Waals surface area contributed by atoms with E-state index in [0.29, 0.717) is 13.1 Å². The van der Waals surface area contributed by atoms with Crippen LogP contribution < -0.4 is 5.32 Å². The Balaban J connectivity index is 2.23. The van der Waals surface area contributed by atoms with E-state index >= 15 is 0 Å². The third kappa shape index (κ3) is 3.21. The Hall–Kier alpha value is -1.30. The van der Waals surface area contributed by atoms with Crippen molar-refractivity contribution in [2.45, 2.75) is 6.10 Å². The van der Waals surface area contributed by atoms with Gasteiger partial charge in [-0.15, -0.1) is 0 Å². The van der Waals surface area contributed by atoms with Crippen LogP contribution in [0.25, 0.3) is 0 Å². The molecule has 6 heteroatoms. The molecule has 1 saturated heterocycles. The molecule has 0 aromatic heterocycles. The maximum atomic E-state index is 10.9. The number of amides is 1. The topological polar surface area (TPSA) is 67.9 Å². The van der Waals surface area contributed by atoms with Crippen LogP contribution in [-0.4, -0.2) is 56.9 Å². The second kappa shape index (κ2) is 4.80. The van der Waals surface area contributed by atoms with E-state index in [1.807, 2.05) is 0 Å². The lowest BCUT2D eigenvalue weighted by Gasteiger charge is -2.17. The van der Waals surface area contributed by atoms with E-state index in [-0.39, 0.29) is 18.6 Å². The standard InChI is InChI=1S/C8H14N2O4/c1-10(5-7(11)13-2)4-6-3-9-8(12)14-6/h6H,3-5H2,1-2H3,(H,9,12). The molecule has 1 amide bonds. The van der Waals surface area contributed by atoms with Gasteiger partial charge in [-0.05, 0) is 7.05 Å². The fourth-order valence-electron chi connectivity index (χ4n) is 1.23. The zero-order valence-electron chi connectivity index (χ0n) is 8.28. The Kier molecular flexibility index (Phi) is 3.70. The molecule has 1 aliphatic heterocycles. The molecule has 1 fully saturated rings. The summed E-state index contributed by atoms with van der Waals surface area (Å²) in [6, 6.07) is 0. The van der Waals surface area contributed by atoms with Crippen LogP contribution >= 0.6 is 0 Å².